The number of aryl methyl sites for hydroxylation is 1. The van der Waals surface area contributed by atoms with Gasteiger partial charge in [-0.15, -0.1) is 0 Å². The topological polar surface area (TPSA) is 102 Å². The van der Waals surface area contributed by atoms with Gasteiger partial charge in [-0.1, -0.05) is 24.3 Å². The molecule has 1 aromatic carbocycles. The van der Waals surface area contributed by atoms with E-state index in [9.17, 15) is 14.7 Å². The molecule has 0 radical (unpaired) electrons. The molecule has 2 aliphatic rings. The molecule has 1 amide bonds. The highest BCUT2D eigenvalue weighted by Crippen LogP contribution is 2.51. The van der Waals surface area contributed by atoms with Gasteiger partial charge in [-0.3, -0.25) is 9.59 Å². The third-order valence-electron chi connectivity index (χ3n) is 6.73. The predicted molar refractivity (Wildman–Crippen MR) is 129 cm³/mol. The predicted octanol–water partition coefficient (Wildman–Crippen LogP) is 4.27. The van der Waals surface area contributed by atoms with Gasteiger partial charge in [-0.05, 0) is 45.0 Å². The Bertz CT molecular complexity index is 1300. The number of ether oxygens (including phenoxy) is 2. The van der Waals surface area contributed by atoms with Gasteiger partial charge in [0.1, 0.15) is 0 Å². The number of morpholine rings is 1. The number of carbonyl (C=O) groups excluding carboxylic acids is 1. The minimum absolute atomic E-state index is 0.0154. The number of benzene rings is 1. The summed E-state index contributed by atoms with van der Waals surface area (Å²) in [5, 5.41) is 9.98. The molecule has 8 heteroatoms. The summed E-state index contributed by atoms with van der Waals surface area (Å²) in [6, 6.07) is 14.8. The fourth-order valence-corrected chi connectivity index (χ4v) is 4.65. The molecule has 1 fully saturated rings. The highest BCUT2D eigenvalue weighted by Gasteiger charge is 2.44. The van der Waals surface area contributed by atoms with Gasteiger partial charge in [-0.25, -0.2) is 9.97 Å². The lowest BCUT2D eigenvalue weighted by Gasteiger charge is -2.35. The fourth-order valence-electron chi connectivity index (χ4n) is 4.65. The van der Waals surface area contributed by atoms with Crippen molar-refractivity contribution in [2.45, 2.75) is 26.7 Å². The number of aromatic nitrogens is 2. The van der Waals surface area contributed by atoms with Gasteiger partial charge in [0.25, 0.3) is 5.91 Å². The molecule has 3 aromatic rings. The van der Waals surface area contributed by atoms with Gasteiger partial charge in [0.15, 0.2) is 0 Å². The first-order valence-corrected chi connectivity index (χ1v) is 11.6. The van der Waals surface area contributed by atoms with E-state index in [-0.39, 0.29) is 5.91 Å². The molecule has 1 saturated heterocycles. The minimum atomic E-state index is -1.10. The van der Waals surface area contributed by atoms with Crippen LogP contribution in [-0.4, -0.2) is 58.2 Å². The van der Waals surface area contributed by atoms with Gasteiger partial charge in [0, 0.05) is 47.0 Å². The molecule has 0 aliphatic carbocycles. The maximum absolute atomic E-state index is 12.7. The highest BCUT2D eigenvalue weighted by atomic mass is 16.5. The van der Waals surface area contributed by atoms with Crippen LogP contribution in [0, 0.1) is 12.3 Å². The van der Waals surface area contributed by atoms with Crippen molar-refractivity contribution in [3.05, 3.63) is 70.9 Å². The van der Waals surface area contributed by atoms with Crippen LogP contribution in [0.15, 0.2) is 48.5 Å². The number of pyridine rings is 2. The van der Waals surface area contributed by atoms with Crippen LogP contribution in [0.25, 0.3) is 11.3 Å². The summed E-state index contributed by atoms with van der Waals surface area (Å²) in [5.41, 5.74) is 3.21. The molecule has 35 heavy (non-hydrogen) atoms. The summed E-state index contributed by atoms with van der Waals surface area (Å²) in [5.74, 6) is -0.666. The van der Waals surface area contributed by atoms with E-state index in [1.807, 2.05) is 43.3 Å². The van der Waals surface area contributed by atoms with Crippen LogP contribution in [0.2, 0.25) is 0 Å². The van der Waals surface area contributed by atoms with Crippen LogP contribution in [0.3, 0.4) is 0 Å². The lowest BCUT2D eigenvalue weighted by molar-refractivity contribution is -0.147. The Morgan fingerprint density at radius 3 is 2.23 bits per heavy atom. The van der Waals surface area contributed by atoms with E-state index in [0.29, 0.717) is 54.9 Å². The van der Waals surface area contributed by atoms with E-state index in [4.69, 9.17) is 14.5 Å². The fraction of sp³-hybridized carbons (Fsp3) is 0.333. The maximum atomic E-state index is 12.7. The van der Waals surface area contributed by atoms with Gasteiger partial charge in [0.2, 0.25) is 11.8 Å². The molecule has 180 valence electrons. The van der Waals surface area contributed by atoms with Crippen LogP contribution in [0.4, 0.5) is 0 Å². The third-order valence-corrected chi connectivity index (χ3v) is 6.73. The van der Waals surface area contributed by atoms with Crippen molar-refractivity contribution in [3.8, 4) is 23.0 Å². The number of carboxylic acids is 1. The molecule has 1 atom stereocenters. The van der Waals surface area contributed by atoms with Gasteiger partial charge in [-0.2, -0.15) is 0 Å². The van der Waals surface area contributed by atoms with E-state index in [1.165, 1.54) is 0 Å². The first-order valence-electron chi connectivity index (χ1n) is 11.6. The second-order valence-electron chi connectivity index (χ2n) is 9.48. The van der Waals surface area contributed by atoms with Gasteiger partial charge < -0.3 is 19.5 Å². The van der Waals surface area contributed by atoms with E-state index < -0.39 is 17.3 Å². The van der Waals surface area contributed by atoms with Crippen LogP contribution in [-0.2, 0) is 9.53 Å². The zero-order chi connectivity index (χ0) is 24.7. The highest BCUT2D eigenvalue weighted by molar-refractivity contribution is 5.94. The number of rotatable bonds is 4. The average molecular weight is 474 g/mol. The van der Waals surface area contributed by atoms with Crippen molar-refractivity contribution in [3.63, 3.8) is 0 Å². The molecule has 5 rings (SSSR count). The van der Waals surface area contributed by atoms with Gasteiger partial charge in [0.05, 0.1) is 24.3 Å². The number of hydrogen-bond acceptors (Lipinski definition) is 6. The van der Waals surface area contributed by atoms with E-state index in [0.717, 1.165) is 16.8 Å². The van der Waals surface area contributed by atoms with Crippen molar-refractivity contribution in [1.82, 2.24) is 14.9 Å². The Morgan fingerprint density at radius 2 is 1.57 bits per heavy atom. The molecule has 0 bridgehead atoms. The number of fused-ring (bicyclic) bond motifs is 2. The van der Waals surface area contributed by atoms with Crippen molar-refractivity contribution in [2.75, 3.05) is 26.3 Å². The van der Waals surface area contributed by atoms with Crippen molar-refractivity contribution < 1.29 is 24.2 Å². The summed E-state index contributed by atoms with van der Waals surface area (Å²) < 4.78 is 11.4. The standard InChI is InChI=1S/C27H27N3O5/c1-16-4-9-19-22(27(2,3)26(32)33)20-10-11-21(29-24(20)35-23(19)28-16)17-5-7-18(8-6-17)25(31)30-12-14-34-15-13-30/h4-11,22H,12-15H2,1-3H3,(H,32,33)/t22-/m0/s1. The van der Waals surface area contributed by atoms with E-state index >= 15 is 0 Å². The number of aliphatic carboxylic acids is 1. The Balaban J connectivity index is 1.49. The third kappa shape index (κ3) is 4.14. The molecule has 1 N–H and O–H groups in total. The molecule has 2 aromatic heterocycles. The molecule has 0 spiro atoms. The number of amides is 1. The molecule has 4 heterocycles. The smallest absolute Gasteiger partial charge is 0.310 e. The number of carbonyl (C=O) groups is 2. The molecule has 0 saturated carbocycles. The lowest BCUT2D eigenvalue weighted by Crippen LogP contribution is -2.40. The summed E-state index contributed by atoms with van der Waals surface area (Å²) in [7, 11) is 0. The molecule has 2 aliphatic heterocycles. The Kier molecular flexibility index (Phi) is 5.76. The van der Waals surface area contributed by atoms with Crippen LogP contribution in [0.1, 0.15) is 46.9 Å². The zero-order valence-electron chi connectivity index (χ0n) is 19.9. The number of hydrogen-bond donors (Lipinski definition) is 1. The Labute approximate surface area is 203 Å². The quantitative estimate of drug-likeness (QED) is 0.604. The monoisotopic (exact) mass is 473 g/mol. The van der Waals surface area contributed by atoms with Crippen LogP contribution in [0.5, 0.6) is 11.8 Å². The Hall–Kier alpha value is -3.78. The summed E-state index contributed by atoms with van der Waals surface area (Å²) in [6.45, 7) is 7.56. The number of nitrogens with zero attached hydrogens (tertiary/aromatic N) is 3. The van der Waals surface area contributed by atoms with Crippen LogP contribution >= 0.6 is 0 Å². The first kappa shape index (κ1) is 23.0. The summed E-state index contributed by atoms with van der Waals surface area (Å²) in [4.78, 5) is 36.0. The molecular weight excluding hydrogens is 446 g/mol. The second-order valence-corrected chi connectivity index (χ2v) is 9.48. The number of carboxylic acid groups (broad SMARTS) is 1. The minimum Gasteiger partial charge on any atom is -0.481 e. The van der Waals surface area contributed by atoms with Crippen LogP contribution < -0.4 is 4.74 Å². The molecule has 0 unspecified atom stereocenters. The molecule has 8 nitrogen and oxygen atoms in total. The molecular formula is C27H27N3O5. The zero-order valence-corrected chi connectivity index (χ0v) is 19.9. The first-order chi connectivity index (χ1) is 16.8. The second kappa shape index (κ2) is 8.78. The van der Waals surface area contributed by atoms with E-state index in [1.54, 1.807) is 30.9 Å². The average Bonchev–Trinajstić information content (AvgIpc) is 2.86. The lowest BCUT2D eigenvalue weighted by atomic mass is 9.71. The largest absolute Gasteiger partial charge is 0.481 e. The van der Waals surface area contributed by atoms with E-state index in [2.05, 4.69) is 4.98 Å². The normalized spacial score (nSPS) is 17.2. The van der Waals surface area contributed by atoms with Crippen molar-refractivity contribution >= 4 is 11.9 Å². The summed E-state index contributed by atoms with van der Waals surface area (Å²) >= 11 is 0. The maximum Gasteiger partial charge on any atom is 0.310 e. The van der Waals surface area contributed by atoms with Crippen molar-refractivity contribution in [2.24, 2.45) is 5.41 Å². The summed E-state index contributed by atoms with van der Waals surface area (Å²) in [6.07, 6.45) is 0. The SMILES string of the molecule is Cc1ccc2c(n1)Oc1nc(-c3ccc(C(=O)N4CCOCC4)cc3)ccc1[C@H]2C(C)(C)C(=O)O. The Morgan fingerprint density at radius 1 is 0.943 bits per heavy atom. The van der Waals surface area contributed by atoms with Gasteiger partial charge >= 0.3 is 5.97 Å². The van der Waals surface area contributed by atoms with Crippen molar-refractivity contribution in [1.29, 1.82) is 0 Å².